The fourth-order valence-corrected chi connectivity index (χ4v) is 5.67. The molecular formula is C22H26N6S2. The van der Waals surface area contributed by atoms with Gasteiger partial charge in [0.25, 0.3) is 0 Å². The second-order valence-electron chi connectivity index (χ2n) is 7.96. The minimum atomic E-state index is 0.424. The minimum absolute atomic E-state index is 0.424. The molecule has 5 heterocycles. The molecule has 5 rings (SSSR count). The molecule has 0 bridgehead atoms. The minimum Gasteiger partial charge on any atom is -0.335 e. The van der Waals surface area contributed by atoms with E-state index in [1.165, 1.54) is 22.6 Å². The SMILES string of the molecule is CC1=C(C)CCSC(Nc2cc(C3CCCNC3)nc3c(-c4cncs4)cnn23)=C1. The molecule has 3 aromatic heterocycles. The Morgan fingerprint density at radius 2 is 2.20 bits per heavy atom. The number of piperidine rings is 1. The van der Waals surface area contributed by atoms with Crippen LogP contribution in [0.1, 0.15) is 44.7 Å². The highest BCUT2D eigenvalue weighted by Gasteiger charge is 2.21. The van der Waals surface area contributed by atoms with E-state index in [-0.39, 0.29) is 0 Å². The van der Waals surface area contributed by atoms with E-state index in [2.05, 4.69) is 41.6 Å². The number of aromatic nitrogens is 4. The number of thiazole rings is 1. The highest BCUT2D eigenvalue weighted by atomic mass is 32.2. The second-order valence-corrected chi connectivity index (χ2v) is 9.99. The largest absolute Gasteiger partial charge is 0.335 e. The van der Waals surface area contributed by atoms with Crippen molar-refractivity contribution in [3.8, 4) is 10.4 Å². The standard InChI is InChI=1S/C22H26N6S2/c1-14-5-7-29-21(8-15(14)2)27-20-9-18(16-4-3-6-23-10-16)26-22-17(11-25-28(20)22)19-12-24-13-30-19/h8-9,11-13,16,23,27H,3-7,10H2,1-2H3. The number of nitrogens with zero attached hydrogens (tertiary/aromatic N) is 4. The second kappa shape index (κ2) is 8.53. The molecule has 0 radical (unpaired) electrons. The zero-order valence-corrected chi connectivity index (χ0v) is 18.9. The quantitative estimate of drug-likeness (QED) is 0.594. The molecule has 0 aromatic carbocycles. The molecule has 156 valence electrons. The summed E-state index contributed by atoms with van der Waals surface area (Å²) in [6.45, 7) is 6.49. The Morgan fingerprint density at radius 3 is 3.00 bits per heavy atom. The first-order valence-electron chi connectivity index (χ1n) is 10.4. The van der Waals surface area contributed by atoms with E-state index in [1.807, 2.05) is 34.2 Å². The maximum atomic E-state index is 5.08. The van der Waals surface area contributed by atoms with Crippen molar-refractivity contribution in [2.45, 2.75) is 39.0 Å². The molecule has 0 spiro atoms. The molecule has 8 heteroatoms. The smallest absolute Gasteiger partial charge is 0.166 e. The Bertz CT molecular complexity index is 1110. The van der Waals surface area contributed by atoms with Crippen LogP contribution in [0.15, 0.2) is 46.2 Å². The van der Waals surface area contributed by atoms with Crippen LogP contribution in [0.2, 0.25) is 0 Å². The zero-order valence-electron chi connectivity index (χ0n) is 17.3. The Kier molecular flexibility index (Phi) is 5.62. The van der Waals surface area contributed by atoms with E-state index in [0.717, 1.165) is 59.3 Å². The molecule has 0 saturated carbocycles. The molecule has 1 saturated heterocycles. The predicted octanol–water partition coefficient (Wildman–Crippen LogP) is 5.05. The number of nitrogens with one attached hydrogen (secondary N) is 2. The van der Waals surface area contributed by atoms with Crippen LogP contribution < -0.4 is 10.6 Å². The number of hydrogen-bond donors (Lipinski definition) is 2. The van der Waals surface area contributed by atoms with Gasteiger partial charge in [-0.25, -0.2) is 4.98 Å². The van der Waals surface area contributed by atoms with Crippen molar-refractivity contribution in [1.82, 2.24) is 24.9 Å². The molecule has 30 heavy (non-hydrogen) atoms. The van der Waals surface area contributed by atoms with Crippen molar-refractivity contribution in [3.63, 3.8) is 0 Å². The average Bonchev–Trinajstić information content (AvgIpc) is 3.40. The van der Waals surface area contributed by atoms with Gasteiger partial charge in [-0.3, -0.25) is 4.98 Å². The molecule has 3 aromatic rings. The number of hydrogen-bond acceptors (Lipinski definition) is 7. The molecular weight excluding hydrogens is 412 g/mol. The number of rotatable bonds is 4. The van der Waals surface area contributed by atoms with Gasteiger partial charge in [0.2, 0.25) is 0 Å². The Morgan fingerprint density at radius 1 is 1.27 bits per heavy atom. The molecule has 0 amide bonds. The number of allylic oxidation sites excluding steroid dienone is 3. The third-order valence-corrected chi connectivity index (χ3v) is 7.66. The highest BCUT2D eigenvalue weighted by molar-refractivity contribution is 8.03. The first-order valence-corrected chi connectivity index (χ1v) is 12.3. The average molecular weight is 439 g/mol. The molecule has 0 aliphatic carbocycles. The van der Waals surface area contributed by atoms with Crippen molar-refractivity contribution in [3.05, 3.63) is 51.9 Å². The number of anilines is 1. The van der Waals surface area contributed by atoms with E-state index in [9.17, 15) is 0 Å². The van der Waals surface area contributed by atoms with Crippen LogP contribution in [-0.2, 0) is 0 Å². The zero-order chi connectivity index (χ0) is 20.5. The summed E-state index contributed by atoms with van der Waals surface area (Å²) >= 11 is 3.49. The van der Waals surface area contributed by atoms with Crippen molar-refractivity contribution < 1.29 is 0 Å². The molecule has 2 N–H and O–H groups in total. The topological polar surface area (TPSA) is 67.1 Å². The summed E-state index contributed by atoms with van der Waals surface area (Å²) in [5.74, 6) is 2.48. The fraction of sp³-hybridized carbons (Fsp3) is 0.409. The van der Waals surface area contributed by atoms with Gasteiger partial charge in [-0.05, 0) is 51.3 Å². The van der Waals surface area contributed by atoms with Crippen molar-refractivity contribution in [2.24, 2.45) is 0 Å². The van der Waals surface area contributed by atoms with Crippen LogP contribution in [0, 0.1) is 0 Å². The summed E-state index contributed by atoms with van der Waals surface area (Å²) in [5, 5.41) is 13.1. The van der Waals surface area contributed by atoms with Crippen LogP contribution in [-0.4, -0.2) is 38.4 Å². The fourth-order valence-electron chi connectivity index (χ4n) is 3.98. The maximum absolute atomic E-state index is 5.08. The lowest BCUT2D eigenvalue weighted by Crippen LogP contribution is -2.29. The maximum Gasteiger partial charge on any atom is 0.166 e. The lowest BCUT2D eigenvalue weighted by Gasteiger charge is -2.23. The van der Waals surface area contributed by atoms with Crippen LogP contribution in [0.5, 0.6) is 0 Å². The van der Waals surface area contributed by atoms with Crippen LogP contribution >= 0.6 is 23.1 Å². The van der Waals surface area contributed by atoms with E-state index in [4.69, 9.17) is 10.1 Å². The number of fused-ring (bicyclic) bond motifs is 1. The monoisotopic (exact) mass is 438 g/mol. The summed E-state index contributed by atoms with van der Waals surface area (Å²) in [5.41, 5.74) is 7.73. The predicted molar refractivity (Wildman–Crippen MR) is 126 cm³/mol. The first kappa shape index (κ1) is 19.8. The van der Waals surface area contributed by atoms with Crippen LogP contribution in [0.25, 0.3) is 16.1 Å². The van der Waals surface area contributed by atoms with Gasteiger partial charge >= 0.3 is 0 Å². The molecule has 6 nitrogen and oxygen atoms in total. The summed E-state index contributed by atoms with van der Waals surface area (Å²) in [6, 6.07) is 2.19. The Labute approximate surface area is 184 Å². The lowest BCUT2D eigenvalue weighted by molar-refractivity contribution is 0.455. The van der Waals surface area contributed by atoms with Gasteiger partial charge in [0.15, 0.2) is 5.65 Å². The first-order chi connectivity index (χ1) is 14.7. The summed E-state index contributed by atoms with van der Waals surface area (Å²) < 4.78 is 1.94. The van der Waals surface area contributed by atoms with Crippen molar-refractivity contribution >= 4 is 34.6 Å². The van der Waals surface area contributed by atoms with Crippen LogP contribution in [0.4, 0.5) is 5.82 Å². The van der Waals surface area contributed by atoms with Gasteiger partial charge in [-0.2, -0.15) is 9.61 Å². The van der Waals surface area contributed by atoms with Gasteiger partial charge in [0.05, 0.1) is 32.9 Å². The van der Waals surface area contributed by atoms with E-state index in [1.54, 1.807) is 11.3 Å². The third kappa shape index (κ3) is 3.91. The van der Waals surface area contributed by atoms with Gasteiger partial charge < -0.3 is 10.6 Å². The van der Waals surface area contributed by atoms with E-state index in [0.29, 0.717) is 5.92 Å². The van der Waals surface area contributed by atoms with Crippen molar-refractivity contribution in [2.75, 3.05) is 24.2 Å². The van der Waals surface area contributed by atoms with E-state index < -0.39 is 0 Å². The van der Waals surface area contributed by atoms with Gasteiger partial charge in [-0.15, -0.1) is 23.1 Å². The third-order valence-electron chi connectivity index (χ3n) is 5.91. The number of thioether (sulfide) groups is 1. The normalized spacial score (nSPS) is 20.3. The molecule has 1 fully saturated rings. The molecule has 1 atom stereocenters. The van der Waals surface area contributed by atoms with Crippen LogP contribution in [0.3, 0.4) is 0 Å². The van der Waals surface area contributed by atoms with Crippen molar-refractivity contribution in [1.29, 1.82) is 0 Å². The summed E-state index contributed by atoms with van der Waals surface area (Å²) in [7, 11) is 0. The van der Waals surface area contributed by atoms with E-state index >= 15 is 0 Å². The lowest BCUT2D eigenvalue weighted by atomic mass is 9.96. The Balaban J connectivity index is 1.60. The highest BCUT2D eigenvalue weighted by Crippen LogP contribution is 2.33. The molecule has 1 unspecified atom stereocenters. The summed E-state index contributed by atoms with van der Waals surface area (Å²) in [6.07, 6.45) is 9.54. The molecule has 2 aliphatic rings. The van der Waals surface area contributed by atoms with Gasteiger partial charge in [-0.1, -0.05) is 5.57 Å². The van der Waals surface area contributed by atoms with Gasteiger partial charge in [0.1, 0.15) is 5.82 Å². The Hall–Kier alpha value is -2.16. The molecule has 2 aliphatic heterocycles. The van der Waals surface area contributed by atoms with Gasteiger partial charge in [0, 0.05) is 30.5 Å². The summed E-state index contributed by atoms with van der Waals surface area (Å²) in [4.78, 5) is 10.4.